The molecular weight excluding hydrogens is 1350 g/mol. The maximum atomic E-state index is 12.8. The Bertz CT molecular complexity index is 3150. The van der Waals surface area contributed by atoms with Gasteiger partial charge in [0.2, 0.25) is 0 Å². The normalized spacial score (nSPS) is 25.6. The summed E-state index contributed by atoms with van der Waals surface area (Å²) < 4.78 is 35.3. The summed E-state index contributed by atoms with van der Waals surface area (Å²) in [5.74, 6) is 9.19. The van der Waals surface area contributed by atoms with Crippen LogP contribution in [-0.2, 0) is 29.9 Å². The Hall–Kier alpha value is -4.21. The number of hydrogen-bond acceptors (Lipinski definition) is 8. The average molecular weight is 1440 g/mol. The van der Waals surface area contributed by atoms with Gasteiger partial charge in [0.25, 0.3) is 0 Å². The van der Waals surface area contributed by atoms with Gasteiger partial charge in [-0.15, -0.1) is 24.0 Å². The van der Waals surface area contributed by atoms with Crippen molar-refractivity contribution in [1.82, 2.24) is 0 Å². The number of phenols is 1. The Morgan fingerprint density at radius 3 is 1.16 bits per heavy atom. The fourth-order valence-corrected chi connectivity index (χ4v) is 19.2. The number of aromatic hydroxyl groups is 1. The van der Waals surface area contributed by atoms with E-state index in [2.05, 4.69) is 148 Å². The predicted molar refractivity (Wildman–Crippen MR) is 329 cm³/mol. The summed E-state index contributed by atoms with van der Waals surface area (Å²) in [5.41, 5.74) is 5.09. The van der Waals surface area contributed by atoms with E-state index in [0.29, 0.717) is 29.4 Å². The Balaban J connectivity index is 0.000000182. The molecule has 0 atom stereocenters. The molecule has 8 bridgehead atoms. The van der Waals surface area contributed by atoms with Crippen LogP contribution >= 0.6 is 24.0 Å². The van der Waals surface area contributed by atoms with Gasteiger partial charge in [-0.05, 0) is 270 Å². The average Bonchev–Trinajstić information content (AvgIpc) is 0.950. The predicted octanol–water partition coefficient (Wildman–Crippen LogP) is 8.68. The first-order chi connectivity index (χ1) is 39.5. The fourth-order valence-electron chi connectivity index (χ4n) is 14.5. The van der Waals surface area contributed by atoms with E-state index >= 15 is 0 Å². The molecule has 0 spiro atoms. The van der Waals surface area contributed by atoms with E-state index in [1.54, 1.807) is 24.3 Å². The second kappa shape index (κ2) is 28.1. The van der Waals surface area contributed by atoms with Crippen LogP contribution in [0, 0.1) is 75.5 Å². The molecule has 0 aromatic heterocycles. The molecule has 8 aliphatic rings. The number of carbonyl (C=O) groups is 2. The molecule has 0 heterocycles. The SMILES string of the molecule is CC1(OC(=O)CCl)C2CC3CC(C2)CC1C3.Cc1cc(Oc2ccc(O)cc2)ccc1[I+]c1ccc(C(C)(C)C)cc1.Cc1cc(Oc2ccc(OCC(=O)OC3(C)C4CC5CC(C4)CC3C5)cc2)ccc1[I+]c1ccc(C(C)(C)C)cc1.Cl.[Cl-]. The smallest absolute Gasteiger partial charge is 0.358 e. The number of aryl methyl sites for hydroxylation is 2. The quantitative estimate of drug-likeness (QED) is 0.0658. The highest BCUT2D eigenvalue weighted by Gasteiger charge is 2.58. The van der Waals surface area contributed by atoms with Gasteiger partial charge in [0.15, 0.2) is 20.9 Å². The second-order valence-electron chi connectivity index (χ2n) is 27.0. The largest absolute Gasteiger partial charge is 1.00 e. The summed E-state index contributed by atoms with van der Waals surface area (Å²) in [4.78, 5) is 24.2. The highest BCUT2D eigenvalue weighted by atomic mass is 127. The Kier molecular flexibility index (Phi) is 22.1. The molecule has 8 fully saturated rings. The summed E-state index contributed by atoms with van der Waals surface area (Å²) in [7, 11) is 0. The lowest BCUT2D eigenvalue weighted by Gasteiger charge is -2.59. The molecule has 1 N–H and O–H groups in total. The molecule has 85 heavy (non-hydrogen) atoms. The van der Waals surface area contributed by atoms with Gasteiger partial charge < -0.3 is 41.2 Å². The minimum absolute atomic E-state index is 0. The van der Waals surface area contributed by atoms with E-state index in [0.717, 1.165) is 46.7 Å². The van der Waals surface area contributed by atoms with E-state index in [9.17, 15) is 14.7 Å². The lowest BCUT2D eigenvalue weighted by atomic mass is 9.50. The molecule has 8 nitrogen and oxygen atoms in total. The topological polar surface area (TPSA) is 101 Å². The van der Waals surface area contributed by atoms with E-state index in [-0.39, 0.29) is 119 Å². The number of benzene rings is 6. The zero-order valence-electron chi connectivity index (χ0n) is 51.0. The molecular formula is C72H86Cl3I2O8+. The number of rotatable bonds is 14. The van der Waals surface area contributed by atoms with Crippen molar-refractivity contribution < 1.29 is 93.2 Å². The maximum Gasteiger partial charge on any atom is 0.358 e. The van der Waals surface area contributed by atoms with Gasteiger partial charge in [-0.25, -0.2) is 4.79 Å². The molecule has 0 aliphatic heterocycles. The molecule has 14 rings (SSSR count). The van der Waals surface area contributed by atoms with Crippen molar-refractivity contribution in [3.8, 4) is 34.5 Å². The highest BCUT2D eigenvalue weighted by Crippen LogP contribution is 2.61. The fraction of sp³-hybridized carbons (Fsp3) is 0.472. The highest BCUT2D eigenvalue weighted by molar-refractivity contribution is 6.26. The van der Waals surface area contributed by atoms with Crippen molar-refractivity contribution in [2.75, 3.05) is 12.5 Å². The summed E-state index contributed by atoms with van der Waals surface area (Å²) in [6.07, 6.45) is 12.7. The third-order valence-electron chi connectivity index (χ3n) is 18.9. The van der Waals surface area contributed by atoms with Crippen molar-refractivity contribution in [1.29, 1.82) is 0 Å². The molecule has 0 unspecified atom stereocenters. The van der Waals surface area contributed by atoms with E-state index in [1.165, 1.54) is 101 Å². The van der Waals surface area contributed by atoms with Crippen LogP contribution in [0.2, 0.25) is 0 Å². The number of esters is 2. The Labute approximate surface area is 544 Å². The van der Waals surface area contributed by atoms with Crippen LogP contribution in [0.25, 0.3) is 0 Å². The van der Waals surface area contributed by atoms with Gasteiger partial charge in [0.05, 0.1) is 0 Å². The third kappa shape index (κ3) is 16.6. The minimum atomic E-state index is -0.321. The monoisotopic (exact) mass is 1440 g/mol. The van der Waals surface area contributed by atoms with Crippen molar-refractivity contribution in [2.45, 2.75) is 155 Å². The number of carbonyl (C=O) groups excluding carboxylic acids is 2. The van der Waals surface area contributed by atoms with Gasteiger partial charge in [0.1, 0.15) is 51.6 Å². The van der Waals surface area contributed by atoms with Crippen molar-refractivity contribution in [3.63, 3.8) is 0 Å². The van der Waals surface area contributed by atoms with E-state index in [1.807, 2.05) is 30.3 Å². The molecule has 13 heteroatoms. The van der Waals surface area contributed by atoms with Gasteiger partial charge in [-0.2, -0.15) is 0 Å². The number of ether oxygens (including phenoxy) is 5. The lowest BCUT2D eigenvalue weighted by Crippen LogP contribution is -3.61. The maximum absolute atomic E-state index is 12.8. The van der Waals surface area contributed by atoms with Crippen molar-refractivity contribution in [2.24, 2.45) is 47.3 Å². The Morgan fingerprint density at radius 1 is 0.494 bits per heavy atom. The summed E-state index contributed by atoms with van der Waals surface area (Å²) in [6, 6.07) is 45.1. The van der Waals surface area contributed by atoms with Crippen LogP contribution in [0.3, 0.4) is 0 Å². The van der Waals surface area contributed by atoms with Crippen molar-refractivity contribution >= 4 is 35.9 Å². The Morgan fingerprint density at radius 2 is 0.824 bits per heavy atom. The molecule has 6 aromatic carbocycles. The lowest BCUT2D eigenvalue weighted by molar-refractivity contribution is -0.598. The second-order valence-corrected chi connectivity index (χ2v) is 33.2. The molecule has 0 amide bonds. The molecule has 8 aliphatic carbocycles. The molecule has 8 saturated carbocycles. The summed E-state index contributed by atoms with van der Waals surface area (Å²) >= 11 is 5.09. The van der Waals surface area contributed by atoms with Crippen molar-refractivity contribution in [3.05, 3.63) is 170 Å². The molecule has 6 aromatic rings. The number of phenolic OH excluding ortho intramolecular Hbond substituents is 1. The number of alkyl halides is 1. The zero-order chi connectivity index (χ0) is 58.8. The molecule has 0 radical (unpaired) electrons. The van der Waals surface area contributed by atoms with Crippen LogP contribution in [0.5, 0.6) is 34.5 Å². The van der Waals surface area contributed by atoms with Crippen LogP contribution in [0.4, 0.5) is 0 Å². The standard InChI is InChI=1S/C36H42IO4.C23H23IO2.C13H19ClO2.2ClH/c1-23-16-32(14-15-33(23)37-29-8-6-26(7-9-29)35(2,3)4)40-31-12-10-30(11-13-31)39-22-34(38)41-36(5)27-18-24-17-25(20-27)21-28(36)19-24;1-16-15-21(26-20-11-9-19(25)10-12-20)13-14-22(16)24-18-7-5-17(6-8-18)23(2,3)4;1-13(16-12(15)7-14)10-3-8-2-9(5-10)6-11(13)4-8;;/h6-16,24-25,27-28H,17-22H2,1-5H3;5-15H,1-4H3;8-11H,2-7H2,1H3;2*1H/q+1;;;;. The number of hydrogen-bond donors (Lipinski definition) is 1. The van der Waals surface area contributed by atoms with Crippen LogP contribution in [0.15, 0.2) is 133 Å². The summed E-state index contributed by atoms with van der Waals surface area (Å²) in [6.45, 7) is 22.0. The first-order valence-corrected chi connectivity index (χ1v) is 34.9. The first kappa shape index (κ1) is 66.7. The zero-order valence-corrected chi connectivity index (χ0v) is 57.7. The first-order valence-electron chi connectivity index (χ1n) is 30.1. The number of halogens is 5. The van der Waals surface area contributed by atoms with Crippen LogP contribution < -0.4 is 69.0 Å². The summed E-state index contributed by atoms with van der Waals surface area (Å²) in [5, 5.41) is 9.35. The molecule has 0 saturated heterocycles. The van der Waals surface area contributed by atoms with Gasteiger partial charge in [-0.1, -0.05) is 65.8 Å². The van der Waals surface area contributed by atoms with E-state index in [4.69, 9.17) is 35.3 Å². The van der Waals surface area contributed by atoms with Crippen LogP contribution in [-0.4, -0.2) is 40.7 Å². The van der Waals surface area contributed by atoms with Crippen LogP contribution in [0.1, 0.15) is 142 Å². The van der Waals surface area contributed by atoms with Gasteiger partial charge >= 0.3 is 54.3 Å². The minimum Gasteiger partial charge on any atom is -1.00 e. The third-order valence-corrected chi connectivity index (χ3v) is 25.4. The molecule has 456 valence electrons. The van der Waals surface area contributed by atoms with Gasteiger partial charge in [-0.3, -0.25) is 4.79 Å². The van der Waals surface area contributed by atoms with E-state index < -0.39 is 0 Å². The van der Waals surface area contributed by atoms with Gasteiger partial charge in [0, 0.05) is 11.1 Å².